The maximum absolute atomic E-state index is 12.6. The zero-order valence-electron chi connectivity index (χ0n) is 12.2. The van der Waals surface area contributed by atoms with Gasteiger partial charge in [-0.3, -0.25) is 4.79 Å². The molecule has 0 saturated heterocycles. The summed E-state index contributed by atoms with van der Waals surface area (Å²) in [7, 11) is 1.83. The van der Waals surface area contributed by atoms with Gasteiger partial charge in [0.15, 0.2) is 5.84 Å². The summed E-state index contributed by atoms with van der Waals surface area (Å²) in [6, 6.07) is 7.18. The fourth-order valence-electron chi connectivity index (χ4n) is 3.84. The predicted molar refractivity (Wildman–Crippen MR) is 81.3 cm³/mol. The molecule has 2 saturated carbocycles. The molecule has 2 fully saturated rings. The number of rotatable bonds is 3. The third-order valence-electron chi connectivity index (χ3n) is 5.04. The molecule has 2 aliphatic carbocycles. The van der Waals surface area contributed by atoms with E-state index in [9.17, 15) is 4.79 Å². The number of carbonyl (C=O) groups is 1. The van der Waals surface area contributed by atoms with Gasteiger partial charge < -0.3 is 15.8 Å². The molecule has 0 aliphatic heterocycles. The Morgan fingerprint density at radius 1 is 1.29 bits per heavy atom. The van der Waals surface area contributed by atoms with Crippen LogP contribution in [0.4, 0.5) is 5.69 Å². The van der Waals surface area contributed by atoms with Crippen LogP contribution >= 0.6 is 0 Å². The number of benzene rings is 1. The molecule has 5 heteroatoms. The Balaban J connectivity index is 1.72. The number of carbonyl (C=O) groups excluding carboxylic acids is 1. The van der Waals surface area contributed by atoms with E-state index in [1.54, 1.807) is 17.0 Å². The van der Waals surface area contributed by atoms with Crippen molar-refractivity contribution in [3.05, 3.63) is 29.8 Å². The van der Waals surface area contributed by atoms with E-state index in [4.69, 9.17) is 10.9 Å². The first-order chi connectivity index (χ1) is 10.1. The molecule has 1 aromatic rings. The van der Waals surface area contributed by atoms with Gasteiger partial charge in [0.1, 0.15) is 0 Å². The summed E-state index contributed by atoms with van der Waals surface area (Å²) in [6.45, 7) is 0. The second-order valence-corrected chi connectivity index (χ2v) is 6.21. The molecular weight excluding hydrogens is 266 g/mol. The van der Waals surface area contributed by atoms with Crippen molar-refractivity contribution in [3.8, 4) is 0 Å². The van der Waals surface area contributed by atoms with Crippen molar-refractivity contribution in [2.45, 2.75) is 25.7 Å². The van der Waals surface area contributed by atoms with E-state index in [1.165, 1.54) is 19.3 Å². The fourth-order valence-corrected chi connectivity index (χ4v) is 3.84. The molecule has 1 amide bonds. The number of anilines is 1. The van der Waals surface area contributed by atoms with Crippen LogP contribution in [0.2, 0.25) is 0 Å². The van der Waals surface area contributed by atoms with Gasteiger partial charge in [-0.05, 0) is 55.4 Å². The Morgan fingerprint density at radius 3 is 2.52 bits per heavy atom. The molecule has 0 spiro atoms. The average Bonchev–Trinajstić information content (AvgIpc) is 3.16. The van der Waals surface area contributed by atoms with Crippen LogP contribution in [-0.4, -0.2) is 24.0 Å². The number of amides is 1. The number of oxime groups is 1. The lowest BCUT2D eigenvalue weighted by atomic mass is 9.88. The molecular formula is C16H21N3O2. The van der Waals surface area contributed by atoms with Gasteiger partial charge >= 0.3 is 0 Å². The lowest BCUT2D eigenvalue weighted by Crippen LogP contribution is -2.35. The number of amidine groups is 1. The first-order valence-electron chi connectivity index (χ1n) is 7.45. The molecule has 3 rings (SSSR count). The molecule has 21 heavy (non-hydrogen) atoms. The minimum atomic E-state index is 0.0728. The maximum Gasteiger partial charge on any atom is 0.230 e. The normalized spacial score (nSPS) is 27.9. The van der Waals surface area contributed by atoms with Crippen molar-refractivity contribution >= 4 is 17.4 Å². The third kappa shape index (κ3) is 2.48. The zero-order valence-corrected chi connectivity index (χ0v) is 12.2. The van der Waals surface area contributed by atoms with E-state index in [0.717, 1.165) is 18.0 Å². The molecule has 5 nitrogen and oxygen atoms in total. The summed E-state index contributed by atoms with van der Waals surface area (Å²) < 4.78 is 0. The van der Waals surface area contributed by atoms with Crippen LogP contribution in [0.3, 0.4) is 0 Å². The largest absolute Gasteiger partial charge is 0.409 e. The van der Waals surface area contributed by atoms with Gasteiger partial charge in [0.05, 0.1) is 0 Å². The summed E-state index contributed by atoms with van der Waals surface area (Å²) in [5, 5.41) is 11.6. The van der Waals surface area contributed by atoms with Crippen molar-refractivity contribution in [1.82, 2.24) is 0 Å². The van der Waals surface area contributed by atoms with Crippen LogP contribution in [0.15, 0.2) is 29.4 Å². The average molecular weight is 287 g/mol. The zero-order chi connectivity index (χ0) is 15.0. The van der Waals surface area contributed by atoms with Gasteiger partial charge in [0.2, 0.25) is 5.91 Å². The second kappa shape index (κ2) is 5.39. The number of fused-ring (bicyclic) bond motifs is 2. The Hall–Kier alpha value is -2.04. The highest BCUT2D eigenvalue weighted by Gasteiger charge is 2.44. The Bertz CT molecular complexity index is 567. The smallest absolute Gasteiger partial charge is 0.230 e. The third-order valence-corrected chi connectivity index (χ3v) is 5.04. The highest BCUT2D eigenvalue weighted by Crippen LogP contribution is 2.49. The molecule has 1 aromatic carbocycles. The molecule has 3 N–H and O–H groups in total. The SMILES string of the molecule is CN(C(=O)C1CC2CCC1C2)c1ccc(C(N)=NO)cc1. The number of hydrogen-bond donors (Lipinski definition) is 2. The van der Waals surface area contributed by atoms with E-state index in [0.29, 0.717) is 11.5 Å². The summed E-state index contributed by atoms with van der Waals surface area (Å²) >= 11 is 0. The van der Waals surface area contributed by atoms with E-state index in [1.807, 2.05) is 19.2 Å². The van der Waals surface area contributed by atoms with Crippen LogP contribution in [-0.2, 0) is 4.79 Å². The lowest BCUT2D eigenvalue weighted by molar-refractivity contribution is -0.123. The summed E-state index contributed by atoms with van der Waals surface area (Å²) in [5.41, 5.74) is 7.03. The molecule has 2 aliphatic rings. The standard InChI is InChI=1S/C16H21N3O2/c1-19(13-6-4-11(5-7-13)15(17)18-21)16(20)14-9-10-2-3-12(14)8-10/h4-7,10,12,14,21H,2-3,8-9H2,1H3,(H2,17,18). The maximum atomic E-state index is 12.6. The first-order valence-corrected chi connectivity index (χ1v) is 7.45. The van der Waals surface area contributed by atoms with Crippen LogP contribution < -0.4 is 10.6 Å². The fraction of sp³-hybridized carbons (Fsp3) is 0.500. The quantitative estimate of drug-likeness (QED) is 0.387. The number of hydrogen-bond acceptors (Lipinski definition) is 3. The molecule has 0 radical (unpaired) electrons. The van der Waals surface area contributed by atoms with Crippen LogP contribution in [0.5, 0.6) is 0 Å². The van der Waals surface area contributed by atoms with Crippen LogP contribution in [0, 0.1) is 17.8 Å². The number of nitrogens with zero attached hydrogens (tertiary/aromatic N) is 2. The van der Waals surface area contributed by atoms with Crippen LogP contribution in [0.25, 0.3) is 0 Å². The molecule has 2 bridgehead atoms. The van der Waals surface area contributed by atoms with Crippen molar-refractivity contribution in [3.63, 3.8) is 0 Å². The highest BCUT2D eigenvalue weighted by molar-refractivity contribution is 5.98. The van der Waals surface area contributed by atoms with Crippen molar-refractivity contribution < 1.29 is 10.0 Å². The molecule has 0 heterocycles. The van der Waals surface area contributed by atoms with E-state index >= 15 is 0 Å². The summed E-state index contributed by atoms with van der Waals surface area (Å²) in [4.78, 5) is 14.4. The molecule has 3 unspecified atom stereocenters. The Kier molecular flexibility index (Phi) is 3.57. The minimum Gasteiger partial charge on any atom is -0.409 e. The van der Waals surface area contributed by atoms with E-state index < -0.39 is 0 Å². The van der Waals surface area contributed by atoms with Gasteiger partial charge in [-0.1, -0.05) is 11.6 Å². The minimum absolute atomic E-state index is 0.0728. The van der Waals surface area contributed by atoms with Crippen molar-refractivity contribution in [2.24, 2.45) is 28.6 Å². The molecule has 112 valence electrons. The van der Waals surface area contributed by atoms with Gasteiger partial charge in [-0.2, -0.15) is 0 Å². The highest BCUT2D eigenvalue weighted by atomic mass is 16.4. The van der Waals surface area contributed by atoms with E-state index in [2.05, 4.69) is 5.16 Å². The van der Waals surface area contributed by atoms with Crippen molar-refractivity contribution in [2.75, 3.05) is 11.9 Å². The topological polar surface area (TPSA) is 78.9 Å². The second-order valence-electron chi connectivity index (χ2n) is 6.21. The Morgan fingerprint density at radius 2 is 2.00 bits per heavy atom. The van der Waals surface area contributed by atoms with E-state index in [-0.39, 0.29) is 17.7 Å². The van der Waals surface area contributed by atoms with Crippen LogP contribution in [0.1, 0.15) is 31.2 Å². The summed E-state index contributed by atoms with van der Waals surface area (Å²) in [5.74, 6) is 1.83. The summed E-state index contributed by atoms with van der Waals surface area (Å²) in [6.07, 6.45) is 4.78. The van der Waals surface area contributed by atoms with Gasteiger partial charge in [-0.25, -0.2) is 0 Å². The predicted octanol–water partition coefficient (Wildman–Crippen LogP) is 2.18. The first kappa shape index (κ1) is 13.9. The number of nitrogens with two attached hydrogens (primary N) is 1. The van der Waals surface area contributed by atoms with Gasteiger partial charge in [-0.15, -0.1) is 0 Å². The van der Waals surface area contributed by atoms with Crippen molar-refractivity contribution in [1.29, 1.82) is 0 Å². The lowest BCUT2D eigenvalue weighted by Gasteiger charge is -2.26. The molecule has 0 aromatic heterocycles. The monoisotopic (exact) mass is 287 g/mol. The van der Waals surface area contributed by atoms with Gasteiger partial charge in [0, 0.05) is 24.2 Å². The Labute approximate surface area is 124 Å². The van der Waals surface area contributed by atoms with Gasteiger partial charge in [0.25, 0.3) is 0 Å². The molecule has 3 atom stereocenters.